The lowest BCUT2D eigenvalue weighted by Crippen LogP contribution is -2.39. The molecule has 3 aromatic rings. The molecular weight excluding hydrogens is 433 g/mol. The monoisotopic (exact) mass is 455 g/mol. The van der Waals surface area contributed by atoms with Crippen LogP contribution in [0.15, 0.2) is 42.6 Å². The number of ketones is 1. The molecule has 0 saturated carbocycles. The number of likely N-dealkylation sites (tertiary alicyclic amines) is 1. The number of fused-ring (bicyclic) bond motifs is 1. The molecule has 2 heterocycles. The number of benzene rings is 2. The lowest BCUT2D eigenvalue weighted by atomic mass is 9.90. The second-order valence-corrected chi connectivity index (χ2v) is 8.67. The van der Waals surface area contributed by atoms with Crippen molar-refractivity contribution in [2.75, 3.05) is 13.1 Å². The van der Waals surface area contributed by atoms with Crippen LogP contribution < -0.4 is 5.73 Å². The highest BCUT2D eigenvalue weighted by atomic mass is 35.5. The molecule has 1 saturated heterocycles. The van der Waals surface area contributed by atoms with E-state index in [0.717, 1.165) is 24.8 Å². The summed E-state index contributed by atoms with van der Waals surface area (Å²) in [4.78, 5) is 38.6. The van der Waals surface area contributed by atoms with Crippen molar-refractivity contribution in [1.82, 2.24) is 9.47 Å². The Labute approximate surface area is 189 Å². The molecule has 4 rings (SSSR count). The van der Waals surface area contributed by atoms with Gasteiger partial charge in [-0.2, -0.15) is 0 Å². The number of primary amides is 1. The van der Waals surface area contributed by atoms with Gasteiger partial charge in [0.05, 0.1) is 21.7 Å². The summed E-state index contributed by atoms with van der Waals surface area (Å²) in [6, 6.07) is 9.73. The molecule has 0 aliphatic carbocycles. The summed E-state index contributed by atoms with van der Waals surface area (Å²) in [5.74, 6) is -1.90. The second-order valence-electron chi connectivity index (χ2n) is 8.26. The van der Waals surface area contributed by atoms with Gasteiger partial charge in [0.2, 0.25) is 0 Å². The molecule has 0 unspecified atom stereocenters. The van der Waals surface area contributed by atoms with Gasteiger partial charge in [0.15, 0.2) is 0 Å². The number of nitrogens with zero attached hydrogens (tertiary/aromatic N) is 2. The molecule has 32 heavy (non-hydrogen) atoms. The molecule has 1 aliphatic heterocycles. The van der Waals surface area contributed by atoms with E-state index in [4.69, 9.17) is 17.3 Å². The zero-order chi connectivity index (χ0) is 23.0. The fourth-order valence-corrected chi connectivity index (χ4v) is 4.58. The lowest BCUT2D eigenvalue weighted by Gasteiger charge is -2.32. The Balaban J connectivity index is 1.52. The largest absolute Gasteiger partial charge is 0.363 e. The summed E-state index contributed by atoms with van der Waals surface area (Å²) in [7, 11) is 1.73. The summed E-state index contributed by atoms with van der Waals surface area (Å²) in [5.41, 5.74) is 7.33. The van der Waals surface area contributed by atoms with E-state index < -0.39 is 11.7 Å². The zero-order valence-electron chi connectivity index (χ0n) is 17.6. The molecule has 8 heteroatoms. The second kappa shape index (κ2) is 8.74. The lowest BCUT2D eigenvalue weighted by molar-refractivity contribution is -0.114. The minimum Gasteiger partial charge on any atom is -0.363 e. The van der Waals surface area contributed by atoms with Crippen LogP contribution in [0.1, 0.15) is 39.1 Å². The van der Waals surface area contributed by atoms with Gasteiger partial charge in [-0.05, 0) is 55.0 Å². The highest BCUT2D eigenvalue weighted by molar-refractivity contribution is 6.44. The van der Waals surface area contributed by atoms with Crippen LogP contribution in [0.2, 0.25) is 5.02 Å². The number of carbonyl (C=O) groups excluding carboxylic acids is 3. The van der Waals surface area contributed by atoms with E-state index >= 15 is 0 Å². The Morgan fingerprint density at radius 2 is 1.75 bits per heavy atom. The van der Waals surface area contributed by atoms with Crippen molar-refractivity contribution in [1.29, 1.82) is 0 Å². The standard InChI is InChI=1S/C24H23ClFN3O3/c1-28-13-19(22(30)23(27)31)17-11-18(20(25)12-21(17)28)24(32)29-8-6-15(7-9-29)10-14-2-4-16(26)5-3-14/h2-5,11-13,15H,6-10H2,1H3,(H2,27,31). The van der Waals surface area contributed by atoms with Crippen molar-refractivity contribution in [3.05, 3.63) is 70.1 Å². The minimum atomic E-state index is -1.05. The summed E-state index contributed by atoms with van der Waals surface area (Å²) >= 11 is 6.42. The van der Waals surface area contributed by atoms with Crippen LogP contribution in [-0.4, -0.2) is 40.2 Å². The molecule has 166 valence electrons. The van der Waals surface area contributed by atoms with Gasteiger partial charge in [-0.25, -0.2) is 4.39 Å². The van der Waals surface area contributed by atoms with E-state index in [0.29, 0.717) is 35.5 Å². The third-order valence-electron chi connectivity index (χ3n) is 6.12. The van der Waals surface area contributed by atoms with Gasteiger partial charge in [-0.15, -0.1) is 0 Å². The molecule has 0 radical (unpaired) electrons. The fourth-order valence-electron chi connectivity index (χ4n) is 4.34. The highest BCUT2D eigenvalue weighted by Gasteiger charge is 2.27. The van der Waals surface area contributed by atoms with E-state index in [-0.39, 0.29) is 22.3 Å². The zero-order valence-corrected chi connectivity index (χ0v) is 18.4. The fraction of sp³-hybridized carbons (Fsp3) is 0.292. The number of hydrogen-bond acceptors (Lipinski definition) is 3. The topological polar surface area (TPSA) is 85.4 Å². The molecule has 1 aromatic heterocycles. The maximum Gasteiger partial charge on any atom is 0.289 e. The molecule has 1 fully saturated rings. The number of aryl methyl sites for hydroxylation is 1. The Kier molecular flexibility index (Phi) is 6.02. The van der Waals surface area contributed by atoms with Crippen LogP contribution in [0, 0.1) is 11.7 Å². The Bertz CT molecular complexity index is 1210. The van der Waals surface area contributed by atoms with Gasteiger partial charge in [-0.3, -0.25) is 14.4 Å². The highest BCUT2D eigenvalue weighted by Crippen LogP contribution is 2.30. The number of piperidine rings is 1. The van der Waals surface area contributed by atoms with E-state index in [1.807, 2.05) is 0 Å². The van der Waals surface area contributed by atoms with Gasteiger partial charge < -0.3 is 15.2 Å². The number of carbonyl (C=O) groups is 3. The van der Waals surface area contributed by atoms with E-state index in [1.54, 1.807) is 40.8 Å². The smallest absolute Gasteiger partial charge is 0.289 e. The number of nitrogens with two attached hydrogens (primary N) is 1. The average Bonchev–Trinajstić information content (AvgIpc) is 3.09. The van der Waals surface area contributed by atoms with Crippen LogP contribution in [0.5, 0.6) is 0 Å². The predicted molar refractivity (Wildman–Crippen MR) is 120 cm³/mol. The normalized spacial score (nSPS) is 14.7. The first-order valence-corrected chi connectivity index (χ1v) is 10.8. The first kappa shape index (κ1) is 22.0. The quantitative estimate of drug-likeness (QED) is 0.470. The van der Waals surface area contributed by atoms with Crippen molar-refractivity contribution in [3.63, 3.8) is 0 Å². The molecule has 2 amide bonds. The van der Waals surface area contributed by atoms with Crippen LogP contribution >= 0.6 is 11.6 Å². The molecule has 2 N–H and O–H groups in total. The Morgan fingerprint density at radius 1 is 1.09 bits per heavy atom. The van der Waals surface area contributed by atoms with Gasteiger partial charge in [-0.1, -0.05) is 23.7 Å². The van der Waals surface area contributed by atoms with E-state index in [1.165, 1.54) is 18.3 Å². The number of halogens is 2. The molecule has 0 bridgehead atoms. The predicted octanol–water partition coefficient (Wildman–Crippen LogP) is 3.73. The van der Waals surface area contributed by atoms with Crippen LogP contribution in [0.4, 0.5) is 4.39 Å². The molecule has 1 aliphatic rings. The van der Waals surface area contributed by atoms with Crippen molar-refractivity contribution in [3.8, 4) is 0 Å². The maximum atomic E-state index is 13.2. The minimum absolute atomic E-state index is 0.152. The number of hydrogen-bond donors (Lipinski definition) is 1. The third-order valence-corrected chi connectivity index (χ3v) is 6.43. The number of amides is 2. The van der Waals surface area contributed by atoms with Crippen LogP contribution in [0.25, 0.3) is 10.9 Å². The maximum absolute atomic E-state index is 13.2. The molecule has 6 nitrogen and oxygen atoms in total. The van der Waals surface area contributed by atoms with Gasteiger partial charge in [0, 0.05) is 31.7 Å². The number of aromatic nitrogens is 1. The van der Waals surface area contributed by atoms with Crippen molar-refractivity contribution < 1.29 is 18.8 Å². The van der Waals surface area contributed by atoms with Gasteiger partial charge in [0.25, 0.3) is 17.6 Å². The molecule has 0 spiro atoms. The van der Waals surface area contributed by atoms with Crippen molar-refractivity contribution in [2.45, 2.75) is 19.3 Å². The van der Waals surface area contributed by atoms with Crippen LogP contribution in [0.3, 0.4) is 0 Å². The van der Waals surface area contributed by atoms with Gasteiger partial charge >= 0.3 is 0 Å². The number of rotatable bonds is 5. The van der Waals surface area contributed by atoms with E-state index in [9.17, 15) is 18.8 Å². The van der Waals surface area contributed by atoms with Gasteiger partial charge in [0.1, 0.15) is 5.82 Å². The first-order valence-electron chi connectivity index (χ1n) is 10.4. The SMILES string of the molecule is Cn1cc(C(=O)C(N)=O)c2cc(C(=O)N3CCC(Cc4ccc(F)cc4)CC3)c(Cl)cc21. The number of Topliss-reactive ketones (excluding diaryl/α,β-unsaturated/α-hetero) is 1. The summed E-state index contributed by atoms with van der Waals surface area (Å²) in [6.45, 7) is 1.17. The summed E-state index contributed by atoms with van der Waals surface area (Å²) in [6.07, 6.45) is 4.03. The third kappa shape index (κ3) is 4.25. The van der Waals surface area contributed by atoms with Crippen molar-refractivity contribution >= 4 is 40.1 Å². The van der Waals surface area contributed by atoms with Crippen molar-refractivity contribution in [2.24, 2.45) is 18.7 Å². The molecule has 2 aromatic carbocycles. The first-order chi connectivity index (χ1) is 15.2. The Morgan fingerprint density at radius 3 is 2.38 bits per heavy atom. The average molecular weight is 456 g/mol. The molecular formula is C24H23ClFN3O3. The Hall–Kier alpha value is -3.19. The summed E-state index contributed by atoms with van der Waals surface area (Å²) in [5, 5.41) is 0.755. The summed E-state index contributed by atoms with van der Waals surface area (Å²) < 4.78 is 14.8. The van der Waals surface area contributed by atoms with E-state index in [2.05, 4.69) is 0 Å². The van der Waals surface area contributed by atoms with Crippen LogP contribution in [-0.2, 0) is 18.3 Å². The molecule has 0 atom stereocenters.